The van der Waals surface area contributed by atoms with Crippen LogP contribution in [0.15, 0.2) is 64.6 Å². The maximum Gasteiger partial charge on any atom is 0.271 e. The molecule has 9 heteroatoms. The lowest BCUT2D eigenvalue weighted by Crippen LogP contribution is -2.17. The molecule has 156 valence electrons. The average molecular weight is 426 g/mol. The van der Waals surface area contributed by atoms with Crippen LogP contribution in [-0.2, 0) is 10.0 Å². The number of ether oxygens (including phenoxy) is 1. The molecule has 0 radical (unpaired) electrons. The predicted molar refractivity (Wildman–Crippen MR) is 115 cm³/mol. The number of nitrogens with one attached hydrogen (secondary N) is 1. The van der Waals surface area contributed by atoms with E-state index in [4.69, 9.17) is 9.88 Å². The van der Waals surface area contributed by atoms with Gasteiger partial charge >= 0.3 is 0 Å². The number of carbonyl (C=O) groups is 1. The van der Waals surface area contributed by atoms with Crippen LogP contribution in [0.25, 0.3) is 5.69 Å². The second-order valence-corrected chi connectivity index (χ2v) is 8.19. The van der Waals surface area contributed by atoms with Crippen molar-refractivity contribution in [1.29, 1.82) is 0 Å². The molecule has 3 N–H and O–H groups in total. The number of rotatable bonds is 6. The van der Waals surface area contributed by atoms with Gasteiger partial charge in [-0.15, -0.1) is 0 Å². The van der Waals surface area contributed by atoms with Crippen LogP contribution >= 0.6 is 0 Å². The van der Waals surface area contributed by atoms with E-state index >= 15 is 0 Å². The quantitative estimate of drug-likeness (QED) is 0.465. The van der Waals surface area contributed by atoms with Crippen molar-refractivity contribution in [1.82, 2.24) is 9.99 Å². The lowest BCUT2D eigenvalue weighted by molar-refractivity contribution is 0.0954. The molecule has 8 nitrogen and oxygen atoms in total. The molecular formula is C21H22N4O4S. The van der Waals surface area contributed by atoms with Gasteiger partial charge in [-0.2, -0.15) is 5.10 Å². The molecule has 0 aliphatic rings. The third kappa shape index (κ3) is 4.58. The van der Waals surface area contributed by atoms with Gasteiger partial charge in [0.2, 0.25) is 10.0 Å². The van der Waals surface area contributed by atoms with Gasteiger partial charge in [0.05, 0.1) is 18.2 Å². The highest BCUT2D eigenvalue weighted by atomic mass is 32.2. The molecule has 0 atom stereocenters. The molecule has 30 heavy (non-hydrogen) atoms. The van der Waals surface area contributed by atoms with E-state index in [1.807, 2.05) is 24.5 Å². The van der Waals surface area contributed by atoms with Gasteiger partial charge in [-0.25, -0.2) is 19.0 Å². The van der Waals surface area contributed by atoms with Gasteiger partial charge < -0.3 is 9.30 Å². The van der Waals surface area contributed by atoms with Crippen LogP contribution in [0, 0.1) is 13.8 Å². The zero-order valence-electron chi connectivity index (χ0n) is 16.8. The van der Waals surface area contributed by atoms with Gasteiger partial charge in [-0.05, 0) is 62.4 Å². The number of hydrogen-bond donors (Lipinski definition) is 2. The highest BCUT2D eigenvalue weighted by Gasteiger charge is 2.12. The van der Waals surface area contributed by atoms with E-state index < -0.39 is 10.0 Å². The van der Waals surface area contributed by atoms with E-state index in [0.717, 1.165) is 22.6 Å². The third-order valence-electron chi connectivity index (χ3n) is 4.60. The van der Waals surface area contributed by atoms with E-state index in [2.05, 4.69) is 10.5 Å². The minimum atomic E-state index is -3.74. The lowest BCUT2D eigenvalue weighted by atomic mass is 10.2. The van der Waals surface area contributed by atoms with Crippen LogP contribution in [-0.4, -0.2) is 32.2 Å². The standard InChI is InChI=1S/C21H22N4O4S/c1-14-11-17(13-23-24-21(26)16-5-4-6-19(12-16)29-3)15(2)25(14)18-7-9-20(10-8-18)30(22,27)28/h4-13H,1-3H3,(H,24,26)(H2,22,27,28)/b23-13-. The zero-order chi connectivity index (χ0) is 21.9. The summed E-state index contributed by atoms with van der Waals surface area (Å²) in [7, 11) is -2.21. The average Bonchev–Trinajstić information content (AvgIpc) is 3.00. The van der Waals surface area contributed by atoms with Gasteiger partial charge in [0.15, 0.2) is 0 Å². The summed E-state index contributed by atoms with van der Waals surface area (Å²) in [6, 6.07) is 15.0. The Morgan fingerprint density at radius 3 is 2.47 bits per heavy atom. The largest absolute Gasteiger partial charge is 0.497 e. The van der Waals surface area contributed by atoms with Crippen molar-refractivity contribution in [2.75, 3.05) is 7.11 Å². The van der Waals surface area contributed by atoms with Gasteiger partial charge in [-0.3, -0.25) is 4.79 Å². The van der Waals surface area contributed by atoms with Crippen molar-refractivity contribution in [3.63, 3.8) is 0 Å². The molecule has 3 rings (SSSR count). The number of aryl methyl sites for hydroxylation is 1. The predicted octanol–water partition coefficient (Wildman–Crippen LogP) is 2.51. The van der Waals surface area contributed by atoms with Crippen LogP contribution in [0.4, 0.5) is 0 Å². The number of hydrogen-bond acceptors (Lipinski definition) is 5. The molecule has 0 saturated heterocycles. The first-order chi connectivity index (χ1) is 14.2. The van der Waals surface area contributed by atoms with Crippen LogP contribution in [0.2, 0.25) is 0 Å². The van der Waals surface area contributed by atoms with Crippen molar-refractivity contribution < 1.29 is 17.9 Å². The first-order valence-corrected chi connectivity index (χ1v) is 10.5. The number of methoxy groups -OCH3 is 1. The third-order valence-corrected chi connectivity index (χ3v) is 5.52. The second-order valence-electron chi connectivity index (χ2n) is 6.63. The topological polar surface area (TPSA) is 116 Å². The molecule has 1 heterocycles. The Morgan fingerprint density at radius 1 is 1.13 bits per heavy atom. The Balaban J connectivity index is 1.79. The summed E-state index contributed by atoms with van der Waals surface area (Å²) in [6.07, 6.45) is 1.57. The molecule has 0 unspecified atom stereocenters. The molecular weight excluding hydrogens is 404 g/mol. The number of aromatic nitrogens is 1. The van der Waals surface area contributed by atoms with Gasteiger partial charge in [0.1, 0.15) is 5.75 Å². The van der Waals surface area contributed by atoms with E-state index in [1.54, 1.807) is 42.6 Å². The van der Waals surface area contributed by atoms with Crippen LogP contribution in [0.1, 0.15) is 27.3 Å². The number of carbonyl (C=O) groups excluding carboxylic acids is 1. The number of benzene rings is 2. The second kappa shape index (κ2) is 8.52. The van der Waals surface area contributed by atoms with E-state index in [9.17, 15) is 13.2 Å². The summed E-state index contributed by atoms with van der Waals surface area (Å²) >= 11 is 0. The molecule has 0 aliphatic carbocycles. The normalized spacial score (nSPS) is 11.6. The molecule has 1 aromatic heterocycles. The van der Waals surface area contributed by atoms with Crippen molar-refractivity contribution in [2.24, 2.45) is 10.2 Å². The van der Waals surface area contributed by atoms with Crippen LogP contribution < -0.4 is 15.3 Å². The molecule has 0 aliphatic heterocycles. The molecule has 0 saturated carbocycles. The van der Waals surface area contributed by atoms with Crippen molar-refractivity contribution in [2.45, 2.75) is 18.7 Å². The van der Waals surface area contributed by atoms with E-state index in [-0.39, 0.29) is 10.8 Å². The van der Waals surface area contributed by atoms with Crippen LogP contribution in [0.5, 0.6) is 5.75 Å². The minimum absolute atomic E-state index is 0.0516. The number of hydrazone groups is 1. The maximum atomic E-state index is 12.2. The molecule has 0 spiro atoms. The first-order valence-electron chi connectivity index (χ1n) is 9.00. The Hall–Kier alpha value is -3.43. The Morgan fingerprint density at radius 2 is 1.83 bits per heavy atom. The molecule has 2 aromatic carbocycles. The Kier molecular flexibility index (Phi) is 6.04. The fourth-order valence-corrected chi connectivity index (χ4v) is 3.61. The number of sulfonamides is 1. The number of nitrogens with zero attached hydrogens (tertiary/aromatic N) is 2. The molecule has 0 fully saturated rings. The van der Waals surface area contributed by atoms with Crippen LogP contribution in [0.3, 0.4) is 0 Å². The summed E-state index contributed by atoms with van der Waals surface area (Å²) in [4.78, 5) is 12.3. The van der Waals surface area contributed by atoms with Gasteiger partial charge in [-0.1, -0.05) is 6.07 Å². The van der Waals surface area contributed by atoms with E-state index in [0.29, 0.717) is 11.3 Å². The summed E-state index contributed by atoms with van der Waals surface area (Å²) in [6.45, 7) is 3.83. The summed E-state index contributed by atoms with van der Waals surface area (Å²) in [5, 5.41) is 9.21. The summed E-state index contributed by atoms with van der Waals surface area (Å²) in [5.74, 6) is 0.237. The monoisotopic (exact) mass is 426 g/mol. The van der Waals surface area contributed by atoms with E-state index in [1.165, 1.54) is 19.2 Å². The number of primary sulfonamides is 1. The van der Waals surface area contributed by atoms with Gasteiger partial charge in [0.25, 0.3) is 5.91 Å². The van der Waals surface area contributed by atoms with Gasteiger partial charge in [0, 0.05) is 28.2 Å². The Bertz CT molecular complexity index is 1210. The SMILES string of the molecule is COc1cccc(C(=O)N/N=C\c2cc(C)n(-c3ccc(S(N)(=O)=O)cc3)c2C)c1. The summed E-state index contributed by atoms with van der Waals surface area (Å²) < 4.78 is 30.0. The number of nitrogens with two attached hydrogens (primary N) is 1. The molecule has 0 bridgehead atoms. The fraction of sp³-hybridized carbons (Fsp3) is 0.143. The lowest BCUT2D eigenvalue weighted by Gasteiger charge is -2.10. The highest BCUT2D eigenvalue weighted by molar-refractivity contribution is 7.89. The minimum Gasteiger partial charge on any atom is -0.497 e. The Labute approximate surface area is 175 Å². The van der Waals surface area contributed by atoms with Crippen molar-refractivity contribution in [3.05, 3.63) is 77.1 Å². The van der Waals surface area contributed by atoms with Crippen molar-refractivity contribution in [3.8, 4) is 11.4 Å². The first kappa shape index (κ1) is 21.3. The summed E-state index contributed by atoms with van der Waals surface area (Å²) in [5.41, 5.74) is 6.36. The number of amides is 1. The highest BCUT2D eigenvalue weighted by Crippen LogP contribution is 2.21. The smallest absolute Gasteiger partial charge is 0.271 e. The molecule has 3 aromatic rings. The van der Waals surface area contributed by atoms with Crippen molar-refractivity contribution >= 4 is 22.1 Å². The zero-order valence-corrected chi connectivity index (χ0v) is 17.6. The maximum absolute atomic E-state index is 12.2. The fourth-order valence-electron chi connectivity index (χ4n) is 3.09. The molecule has 1 amide bonds.